The van der Waals surface area contributed by atoms with E-state index < -0.39 is 16.9 Å². The minimum absolute atomic E-state index is 0.142. The molecule has 0 radical (unpaired) electrons. The number of urea groups is 1. The summed E-state index contributed by atoms with van der Waals surface area (Å²) in [6.07, 6.45) is 2.64. The van der Waals surface area contributed by atoms with Crippen molar-refractivity contribution in [2.45, 2.75) is 6.54 Å². The van der Waals surface area contributed by atoms with E-state index in [0.717, 1.165) is 16.7 Å². The normalized spacial score (nSPS) is 14.3. The van der Waals surface area contributed by atoms with Gasteiger partial charge in [0.05, 0.1) is 18.6 Å². The number of aromatic nitrogens is 1. The number of methoxy groups -OCH3 is 1. The molecule has 0 atom stereocenters. The second-order valence-corrected chi connectivity index (χ2v) is 6.99. The molecule has 4 rings (SSSR count). The summed E-state index contributed by atoms with van der Waals surface area (Å²) in [5.41, 5.74) is 1.43. The Morgan fingerprint density at radius 3 is 2.55 bits per heavy atom. The first kappa shape index (κ1) is 21.5. The van der Waals surface area contributed by atoms with Crippen LogP contribution in [-0.2, 0) is 11.3 Å². The third kappa shape index (κ3) is 4.79. The first-order valence-corrected chi connectivity index (χ1v) is 9.79. The van der Waals surface area contributed by atoms with Gasteiger partial charge in [-0.3, -0.25) is 19.8 Å². The number of nitrogens with zero attached hydrogens (tertiary/aromatic N) is 3. The fourth-order valence-corrected chi connectivity index (χ4v) is 3.16. The van der Waals surface area contributed by atoms with E-state index in [1.807, 2.05) is 30.3 Å². The van der Waals surface area contributed by atoms with Crippen LogP contribution in [0.3, 0.4) is 0 Å². The zero-order chi connectivity index (χ0) is 23.4. The number of benzene rings is 2. The number of pyridine rings is 1. The Hall–Kier alpha value is -4.73. The van der Waals surface area contributed by atoms with Crippen LogP contribution >= 0.6 is 0 Å². The number of rotatable bonds is 7. The van der Waals surface area contributed by atoms with Gasteiger partial charge >= 0.3 is 6.03 Å². The highest BCUT2D eigenvalue weighted by Crippen LogP contribution is 2.33. The first-order valence-electron chi connectivity index (χ1n) is 9.79. The maximum absolute atomic E-state index is 12.7. The Bertz CT molecular complexity index is 1240. The fourth-order valence-electron chi connectivity index (χ4n) is 3.16. The van der Waals surface area contributed by atoms with Gasteiger partial charge in [0, 0.05) is 12.1 Å². The van der Waals surface area contributed by atoms with Crippen molar-refractivity contribution in [3.8, 4) is 17.4 Å². The van der Waals surface area contributed by atoms with Crippen molar-refractivity contribution in [1.29, 1.82) is 0 Å². The SMILES string of the molecule is COc1cc(/C=C2/NC(=O)N(Cc3ccccc3)C2=O)ccc1Oc1ccc([N+](=O)[O-])cn1. The van der Waals surface area contributed by atoms with E-state index in [-0.39, 0.29) is 23.8 Å². The lowest BCUT2D eigenvalue weighted by Gasteiger charge is -2.11. The summed E-state index contributed by atoms with van der Waals surface area (Å²) in [6.45, 7) is 0.168. The highest BCUT2D eigenvalue weighted by Gasteiger charge is 2.33. The lowest BCUT2D eigenvalue weighted by molar-refractivity contribution is -0.385. The highest BCUT2D eigenvalue weighted by molar-refractivity contribution is 6.13. The third-order valence-electron chi connectivity index (χ3n) is 4.79. The number of hydrogen-bond acceptors (Lipinski definition) is 7. The quantitative estimate of drug-likeness (QED) is 0.253. The Balaban J connectivity index is 1.52. The molecule has 1 aliphatic rings. The predicted octanol–water partition coefficient (Wildman–Crippen LogP) is 3.88. The molecule has 0 saturated carbocycles. The van der Waals surface area contributed by atoms with Crippen molar-refractivity contribution in [2.75, 3.05) is 7.11 Å². The Morgan fingerprint density at radius 1 is 1.09 bits per heavy atom. The van der Waals surface area contributed by atoms with Crippen LogP contribution in [0, 0.1) is 10.1 Å². The van der Waals surface area contributed by atoms with Crippen LogP contribution in [0.1, 0.15) is 11.1 Å². The van der Waals surface area contributed by atoms with Crippen LogP contribution in [0.4, 0.5) is 10.5 Å². The number of carbonyl (C=O) groups is 2. The summed E-state index contributed by atoms with van der Waals surface area (Å²) in [4.78, 5) is 40.3. The highest BCUT2D eigenvalue weighted by atomic mass is 16.6. The zero-order valence-electron chi connectivity index (χ0n) is 17.4. The topological polar surface area (TPSA) is 124 Å². The Morgan fingerprint density at radius 2 is 1.88 bits per heavy atom. The molecular formula is C23H18N4O6. The van der Waals surface area contributed by atoms with Gasteiger partial charge in [-0.2, -0.15) is 0 Å². The molecule has 166 valence electrons. The van der Waals surface area contributed by atoms with Crippen LogP contribution in [0.15, 0.2) is 72.6 Å². The van der Waals surface area contributed by atoms with E-state index in [1.54, 1.807) is 24.3 Å². The summed E-state index contributed by atoms with van der Waals surface area (Å²) in [5, 5.41) is 13.3. The summed E-state index contributed by atoms with van der Waals surface area (Å²) < 4.78 is 11.0. The van der Waals surface area contributed by atoms with Crippen LogP contribution in [0.2, 0.25) is 0 Å². The van der Waals surface area contributed by atoms with Crippen molar-refractivity contribution in [3.05, 3.63) is 93.8 Å². The number of hydrogen-bond donors (Lipinski definition) is 1. The van der Waals surface area contributed by atoms with Gasteiger partial charge < -0.3 is 14.8 Å². The van der Waals surface area contributed by atoms with E-state index in [0.29, 0.717) is 17.1 Å². The molecule has 3 aromatic rings. The van der Waals surface area contributed by atoms with Crippen molar-refractivity contribution < 1.29 is 24.0 Å². The van der Waals surface area contributed by atoms with Gasteiger partial charge in [-0.1, -0.05) is 36.4 Å². The fraction of sp³-hybridized carbons (Fsp3) is 0.0870. The number of amides is 3. The van der Waals surface area contributed by atoms with E-state index in [4.69, 9.17) is 9.47 Å². The molecule has 0 bridgehead atoms. The van der Waals surface area contributed by atoms with E-state index in [9.17, 15) is 19.7 Å². The van der Waals surface area contributed by atoms with Gasteiger partial charge in [-0.15, -0.1) is 0 Å². The van der Waals surface area contributed by atoms with Gasteiger partial charge in [0.1, 0.15) is 11.9 Å². The van der Waals surface area contributed by atoms with Crippen molar-refractivity contribution in [2.24, 2.45) is 0 Å². The predicted molar refractivity (Wildman–Crippen MR) is 117 cm³/mol. The Labute approximate surface area is 188 Å². The summed E-state index contributed by atoms with van der Waals surface area (Å²) in [6, 6.07) is 16.3. The Kier molecular flexibility index (Phi) is 5.98. The first-order chi connectivity index (χ1) is 15.9. The monoisotopic (exact) mass is 446 g/mol. The summed E-state index contributed by atoms with van der Waals surface area (Å²) in [7, 11) is 1.45. The molecule has 10 nitrogen and oxygen atoms in total. The van der Waals surface area contributed by atoms with Crippen molar-refractivity contribution in [1.82, 2.24) is 15.2 Å². The molecule has 3 amide bonds. The van der Waals surface area contributed by atoms with E-state index in [1.165, 1.54) is 19.2 Å². The lowest BCUT2D eigenvalue weighted by atomic mass is 10.1. The van der Waals surface area contributed by atoms with Crippen LogP contribution in [0.25, 0.3) is 6.08 Å². The number of nitro groups is 1. The molecule has 2 heterocycles. The van der Waals surface area contributed by atoms with Crippen LogP contribution in [-0.4, -0.2) is 33.9 Å². The van der Waals surface area contributed by atoms with Crippen LogP contribution in [0.5, 0.6) is 17.4 Å². The molecule has 2 aromatic carbocycles. The maximum Gasteiger partial charge on any atom is 0.329 e. The summed E-state index contributed by atoms with van der Waals surface area (Å²) >= 11 is 0. The minimum atomic E-state index is -0.552. The van der Waals surface area contributed by atoms with Gasteiger partial charge in [-0.05, 0) is 29.3 Å². The average Bonchev–Trinajstić information content (AvgIpc) is 3.08. The average molecular weight is 446 g/mol. The number of ether oxygens (including phenoxy) is 2. The van der Waals surface area contributed by atoms with Gasteiger partial charge in [0.2, 0.25) is 5.88 Å². The van der Waals surface area contributed by atoms with Gasteiger partial charge in [-0.25, -0.2) is 9.78 Å². The molecule has 0 aliphatic carbocycles. The summed E-state index contributed by atoms with van der Waals surface area (Å²) in [5.74, 6) is 0.397. The lowest BCUT2D eigenvalue weighted by Crippen LogP contribution is -2.30. The smallest absolute Gasteiger partial charge is 0.329 e. The van der Waals surface area contributed by atoms with Crippen molar-refractivity contribution in [3.63, 3.8) is 0 Å². The second kappa shape index (κ2) is 9.18. The maximum atomic E-state index is 12.7. The number of imide groups is 1. The largest absolute Gasteiger partial charge is 0.493 e. The van der Waals surface area contributed by atoms with Crippen molar-refractivity contribution >= 4 is 23.7 Å². The minimum Gasteiger partial charge on any atom is -0.493 e. The molecular weight excluding hydrogens is 428 g/mol. The van der Waals surface area contributed by atoms with Gasteiger partial charge in [0.25, 0.3) is 11.6 Å². The van der Waals surface area contributed by atoms with E-state index >= 15 is 0 Å². The van der Waals surface area contributed by atoms with Gasteiger partial charge in [0.15, 0.2) is 11.5 Å². The molecule has 10 heteroatoms. The standard InChI is InChI=1S/C23H18N4O6/c1-32-20-12-16(7-9-19(20)33-21-10-8-17(13-24-21)27(30)31)11-18-22(28)26(23(29)25-18)14-15-5-3-2-4-6-15/h2-13H,14H2,1H3,(H,25,29)/b18-11+. The molecule has 0 unspecified atom stereocenters. The molecule has 33 heavy (non-hydrogen) atoms. The number of carbonyl (C=O) groups excluding carboxylic acids is 2. The molecule has 1 fully saturated rings. The van der Waals surface area contributed by atoms with E-state index in [2.05, 4.69) is 10.3 Å². The molecule has 1 N–H and O–H groups in total. The van der Waals surface area contributed by atoms with Crippen LogP contribution < -0.4 is 14.8 Å². The second-order valence-electron chi connectivity index (χ2n) is 6.99. The molecule has 1 aromatic heterocycles. The third-order valence-corrected chi connectivity index (χ3v) is 4.79. The molecule has 1 aliphatic heterocycles. The zero-order valence-corrected chi connectivity index (χ0v) is 17.4. The number of nitrogens with one attached hydrogen (secondary N) is 1. The molecule has 0 spiro atoms. The molecule has 1 saturated heterocycles.